The van der Waals surface area contributed by atoms with Crippen molar-refractivity contribution in [1.82, 2.24) is 10.2 Å². The quantitative estimate of drug-likeness (QED) is 0.683. The highest BCUT2D eigenvalue weighted by molar-refractivity contribution is 5.82. The number of nitrogens with one attached hydrogen (secondary N) is 2. The number of nitriles is 3. The molecule has 0 aromatic heterocycles. The largest absolute Gasteiger partial charge is 0.385 e. The highest BCUT2D eigenvalue weighted by Gasteiger charge is 2.32. The number of carbonyl (C=O) groups excluding carboxylic acids is 1. The minimum atomic E-state index is -0.291. The summed E-state index contributed by atoms with van der Waals surface area (Å²) in [6, 6.07) is 10.8. The number of hydrogen-bond acceptors (Lipinski definition) is 6. The molecular formula is C20H24N6O. The lowest BCUT2D eigenvalue weighted by Crippen LogP contribution is -2.46. The van der Waals surface area contributed by atoms with E-state index in [0.29, 0.717) is 30.6 Å². The fraction of sp³-hybridized carbons (Fsp3) is 0.500. The zero-order valence-corrected chi connectivity index (χ0v) is 15.5. The number of likely N-dealkylation sites (N-methyl/N-ethyl adjacent to an activating group) is 1. The van der Waals surface area contributed by atoms with Gasteiger partial charge in [0.05, 0.1) is 23.2 Å². The van der Waals surface area contributed by atoms with Gasteiger partial charge in [-0.3, -0.25) is 4.79 Å². The smallest absolute Gasteiger partial charge is 0.240 e. The summed E-state index contributed by atoms with van der Waals surface area (Å²) in [5, 5.41) is 33.5. The van der Waals surface area contributed by atoms with Crippen molar-refractivity contribution in [3.05, 3.63) is 29.3 Å². The van der Waals surface area contributed by atoms with Crippen LogP contribution in [0.25, 0.3) is 0 Å². The predicted octanol–water partition coefficient (Wildman–Crippen LogP) is 2.11. The molecule has 7 heteroatoms. The Bertz CT molecular complexity index is 785. The van der Waals surface area contributed by atoms with Crippen molar-refractivity contribution in [3.63, 3.8) is 0 Å². The van der Waals surface area contributed by atoms with E-state index in [1.165, 1.54) is 0 Å². The van der Waals surface area contributed by atoms with Gasteiger partial charge in [0.2, 0.25) is 5.91 Å². The number of hydrogen-bond donors (Lipinski definition) is 2. The molecule has 1 fully saturated rings. The molecule has 1 heterocycles. The number of amides is 1. The maximum atomic E-state index is 12.6. The molecule has 0 aliphatic carbocycles. The third-order valence-electron chi connectivity index (χ3n) is 4.84. The number of rotatable bonds is 8. The highest BCUT2D eigenvalue weighted by atomic mass is 16.2. The van der Waals surface area contributed by atoms with E-state index in [1.54, 1.807) is 30.1 Å². The van der Waals surface area contributed by atoms with E-state index < -0.39 is 0 Å². The molecule has 7 nitrogen and oxygen atoms in total. The molecule has 0 spiro atoms. The van der Waals surface area contributed by atoms with Gasteiger partial charge in [-0.2, -0.15) is 15.8 Å². The first-order valence-electron chi connectivity index (χ1n) is 9.20. The van der Waals surface area contributed by atoms with Crippen LogP contribution < -0.4 is 10.6 Å². The fourth-order valence-corrected chi connectivity index (χ4v) is 3.31. The van der Waals surface area contributed by atoms with Gasteiger partial charge in [-0.05, 0) is 57.4 Å². The van der Waals surface area contributed by atoms with Crippen LogP contribution in [-0.2, 0) is 4.79 Å². The molecule has 27 heavy (non-hydrogen) atoms. The lowest BCUT2D eigenvalue weighted by atomic mass is 10.1. The van der Waals surface area contributed by atoms with Crippen molar-refractivity contribution < 1.29 is 4.79 Å². The Labute approximate surface area is 160 Å². The number of anilines is 1. The molecule has 1 aromatic rings. The van der Waals surface area contributed by atoms with Gasteiger partial charge in [0.25, 0.3) is 0 Å². The van der Waals surface area contributed by atoms with Gasteiger partial charge in [-0.15, -0.1) is 0 Å². The Morgan fingerprint density at radius 2 is 2.04 bits per heavy atom. The summed E-state index contributed by atoms with van der Waals surface area (Å²) < 4.78 is 0. The number of nitrogens with zero attached hydrogens (tertiary/aromatic N) is 4. The van der Waals surface area contributed by atoms with Gasteiger partial charge in [0.1, 0.15) is 18.2 Å². The second-order valence-corrected chi connectivity index (χ2v) is 6.57. The molecule has 2 N–H and O–H groups in total. The van der Waals surface area contributed by atoms with Crippen molar-refractivity contribution in [2.45, 2.75) is 44.2 Å². The maximum Gasteiger partial charge on any atom is 0.240 e. The third-order valence-corrected chi connectivity index (χ3v) is 4.84. The highest BCUT2D eigenvalue weighted by Crippen LogP contribution is 2.19. The molecular weight excluding hydrogens is 340 g/mol. The second-order valence-electron chi connectivity index (χ2n) is 6.57. The molecule has 0 unspecified atom stereocenters. The molecule has 140 valence electrons. The van der Waals surface area contributed by atoms with Crippen LogP contribution in [0, 0.1) is 34.0 Å². The van der Waals surface area contributed by atoms with Crippen LogP contribution in [0.2, 0.25) is 0 Å². The van der Waals surface area contributed by atoms with Gasteiger partial charge in [-0.1, -0.05) is 0 Å². The first-order chi connectivity index (χ1) is 13.1. The first-order valence-corrected chi connectivity index (χ1v) is 9.20. The molecule has 2 rings (SSSR count). The first kappa shape index (κ1) is 20.2. The summed E-state index contributed by atoms with van der Waals surface area (Å²) in [6.45, 7) is 1.38. The van der Waals surface area contributed by atoms with Crippen LogP contribution >= 0.6 is 0 Å². The average molecular weight is 364 g/mol. The third kappa shape index (κ3) is 5.20. The second kappa shape index (κ2) is 10.2. The molecule has 0 bridgehead atoms. The van der Waals surface area contributed by atoms with Gasteiger partial charge in [-0.25, -0.2) is 0 Å². The zero-order valence-electron chi connectivity index (χ0n) is 15.5. The summed E-state index contributed by atoms with van der Waals surface area (Å²) in [6.07, 6.45) is 4.09. The Kier molecular flexibility index (Phi) is 7.62. The summed E-state index contributed by atoms with van der Waals surface area (Å²) in [7, 11) is 1.78. The number of likely N-dealkylation sites (tertiary alicyclic amines) is 1. The normalized spacial score (nSPS) is 16.8. The maximum absolute atomic E-state index is 12.6. The standard InChI is InChI=1S/C20H24N6O/c1-24-19(20(27)26-10-4-5-18(26)14-23)6-2-3-9-25-17-8-7-15(12-21)16(11-17)13-22/h7-8,11,18-19,24-25H,2-6,9-10H2,1H3/t18-,19-/m0/s1. The Morgan fingerprint density at radius 3 is 2.70 bits per heavy atom. The molecule has 1 aromatic carbocycles. The fourth-order valence-electron chi connectivity index (χ4n) is 3.31. The average Bonchev–Trinajstić information content (AvgIpc) is 3.18. The van der Waals surface area contributed by atoms with Gasteiger partial charge in [0, 0.05) is 18.8 Å². The van der Waals surface area contributed by atoms with Crippen LogP contribution in [0.15, 0.2) is 18.2 Å². The van der Waals surface area contributed by atoms with Crippen LogP contribution in [0.4, 0.5) is 5.69 Å². The molecule has 0 radical (unpaired) electrons. The van der Waals surface area contributed by atoms with Crippen molar-refractivity contribution in [2.24, 2.45) is 0 Å². The minimum Gasteiger partial charge on any atom is -0.385 e. The SMILES string of the molecule is CN[C@@H](CCCCNc1ccc(C#N)c(C#N)c1)C(=O)N1CCC[C@H]1C#N. The number of benzene rings is 1. The Hall–Kier alpha value is -3.08. The van der Waals surface area contributed by atoms with Crippen molar-refractivity contribution >= 4 is 11.6 Å². The zero-order chi connectivity index (χ0) is 19.6. The summed E-state index contributed by atoms with van der Waals surface area (Å²) in [5.74, 6) is 0.0141. The van der Waals surface area contributed by atoms with E-state index in [1.807, 2.05) is 12.1 Å². The van der Waals surface area contributed by atoms with Crippen molar-refractivity contribution in [1.29, 1.82) is 15.8 Å². The molecule has 1 aliphatic rings. The van der Waals surface area contributed by atoms with Crippen LogP contribution in [0.1, 0.15) is 43.2 Å². The van der Waals surface area contributed by atoms with E-state index in [0.717, 1.165) is 31.4 Å². The van der Waals surface area contributed by atoms with Crippen molar-refractivity contribution in [3.8, 4) is 18.2 Å². The van der Waals surface area contributed by atoms with Gasteiger partial charge in [0.15, 0.2) is 0 Å². The Balaban J connectivity index is 1.77. The molecule has 2 atom stereocenters. The van der Waals surface area contributed by atoms with Gasteiger partial charge >= 0.3 is 0 Å². The lowest BCUT2D eigenvalue weighted by Gasteiger charge is -2.25. The van der Waals surface area contributed by atoms with Crippen LogP contribution in [0.3, 0.4) is 0 Å². The number of carbonyl (C=O) groups is 1. The van der Waals surface area contributed by atoms with E-state index in [-0.39, 0.29) is 18.0 Å². The summed E-state index contributed by atoms with van der Waals surface area (Å²) in [5.41, 5.74) is 1.54. The van der Waals surface area contributed by atoms with E-state index >= 15 is 0 Å². The van der Waals surface area contributed by atoms with Crippen LogP contribution in [-0.4, -0.2) is 43.0 Å². The summed E-state index contributed by atoms with van der Waals surface area (Å²) >= 11 is 0. The predicted molar refractivity (Wildman–Crippen MR) is 101 cm³/mol. The van der Waals surface area contributed by atoms with Crippen LogP contribution in [0.5, 0.6) is 0 Å². The van der Waals surface area contributed by atoms with E-state index in [4.69, 9.17) is 15.8 Å². The van der Waals surface area contributed by atoms with E-state index in [9.17, 15) is 4.79 Å². The van der Waals surface area contributed by atoms with Gasteiger partial charge < -0.3 is 15.5 Å². The molecule has 1 saturated heterocycles. The van der Waals surface area contributed by atoms with E-state index in [2.05, 4.69) is 16.7 Å². The number of unbranched alkanes of at least 4 members (excludes halogenated alkanes) is 1. The molecule has 1 amide bonds. The monoisotopic (exact) mass is 364 g/mol. The lowest BCUT2D eigenvalue weighted by molar-refractivity contribution is -0.133. The topological polar surface area (TPSA) is 116 Å². The minimum absolute atomic E-state index is 0.0141. The molecule has 0 saturated carbocycles. The molecule has 1 aliphatic heterocycles. The summed E-state index contributed by atoms with van der Waals surface area (Å²) in [4.78, 5) is 14.3. The Morgan fingerprint density at radius 1 is 1.26 bits per heavy atom. The van der Waals surface area contributed by atoms with Crippen molar-refractivity contribution in [2.75, 3.05) is 25.5 Å².